The summed E-state index contributed by atoms with van der Waals surface area (Å²) in [5, 5.41) is 10.6. The molecule has 95 heavy (non-hydrogen) atoms. The summed E-state index contributed by atoms with van der Waals surface area (Å²) in [6, 6.07) is 0. The third-order valence-corrected chi connectivity index (χ3v) is 19.1. The van der Waals surface area contributed by atoms with Gasteiger partial charge in [-0.15, -0.1) is 0 Å². The van der Waals surface area contributed by atoms with E-state index in [9.17, 15) is 43.2 Å². The zero-order valence-corrected chi connectivity index (χ0v) is 63.1. The van der Waals surface area contributed by atoms with E-state index in [2.05, 4.69) is 58.9 Å². The molecule has 0 aromatic heterocycles. The Kier molecular flexibility index (Phi) is 66.9. The Morgan fingerprint density at radius 3 is 0.863 bits per heavy atom. The number of carbonyl (C=O) groups is 4. The number of carbonyl (C=O) groups excluding carboxylic acids is 4. The van der Waals surface area contributed by atoms with Crippen LogP contribution in [0.4, 0.5) is 0 Å². The van der Waals surface area contributed by atoms with Gasteiger partial charge in [0, 0.05) is 25.7 Å². The van der Waals surface area contributed by atoms with Crippen LogP contribution in [0.2, 0.25) is 0 Å². The number of phosphoric acid groups is 2. The summed E-state index contributed by atoms with van der Waals surface area (Å²) in [5.74, 6) is -1.44. The van der Waals surface area contributed by atoms with E-state index in [1.54, 1.807) is 0 Å². The third-order valence-electron chi connectivity index (χ3n) is 17.2. The molecule has 0 rings (SSSR count). The van der Waals surface area contributed by atoms with Crippen LogP contribution in [0.15, 0.2) is 24.3 Å². The number of hydrogen-bond acceptors (Lipinski definition) is 15. The predicted molar refractivity (Wildman–Crippen MR) is 386 cm³/mol. The number of ether oxygens (including phenoxy) is 4. The molecule has 17 nitrogen and oxygen atoms in total. The monoisotopic (exact) mass is 1390 g/mol. The maximum absolute atomic E-state index is 13.1. The molecule has 0 aromatic rings. The number of phosphoric ester groups is 2. The van der Waals surface area contributed by atoms with Crippen LogP contribution in [0.5, 0.6) is 0 Å². The number of aliphatic hydroxyl groups is 1. The molecule has 0 spiro atoms. The number of rotatable bonds is 74. The molecular formula is C76H144O17P2. The summed E-state index contributed by atoms with van der Waals surface area (Å²) in [6.45, 7) is 7.17. The van der Waals surface area contributed by atoms with Crippen LogP contribution < -0.4 is 0 Å². The van der Waals surface area contributed by atoms with Crippen LogP contribution in [0.1, 0.15) is 375 Å². The van der Waals surface area contributed by atoms with Crippen molar-refractivity contribution in [3.63, 3.8) is 0 Å². The van der Waals surface area contributed by atoms with Gasteiger partial charge in [-0.2, -0.15) is 0 Å². The van der Waals surface area contributed by atoms with Gasteiger partial charge >= 0.3 is 39.5 Å². The smallest absolute Gasteiger partial charge is 0.462 e. The molecule has 0 aliphatic carbocycles. The predicted octanol–water partition coefficient (Wildman–Crippen LogP) is 22.0. The summed E-state index contributed by atoms with van der Waals surface area (Å²) in [5.41, 5.74) is 0. The van der Waals surface area contributed by atoms with Gasteiger partial charge in [-0.25, -0.2) is 9.13 Å². The second kappa shape index (κ2) is 68.7. The Balaban J connectivity index is 5.27. The summed E-state index contributed by atoms with van der Waals surface area (Å²) in [7, 11) is -9.92. The topological polar surface area (TPSA) is 237 Å². The number of unbranched alkanes of at least 4 members (excludes halogenated alkanes) is 43. The van der Waals surface area contributed by atoms with Gasteiger partial charge in [0.2, 0.25) is 0 Å². The van der Waals surface area contributed by atoms with Gasteiger partial charge in [0.25, 0.3) is 0 Å². The second-order valence-electron chi connectivity index (χ2n) is 27.2. The Morgan fingerprint density at radius 2 is 0.568 bits per heavy atom. The minimum atomic E-state index is -4.96. The molecule has 0 aliphatic heterocycles. The molecule has 0 bridgehead atoms. The zero-order chi connectivity index (χ0) is 69.8. The van der Waals surface area contributed by atoms with Crippen LogP contribution in [0, 0.1) is 5.92 Å². The second-order valence-corrected chi connectivity index (χ2v) is 30.1. The highest BCUT2D eigenvalue weighted by atomic mass is 31.2. The number of hydrogen-bond donors (Lipinski definition) is 3. The number of allylic oxidation sites excluding steroid dienone is 4. The highest BCUT2D eigenvalue weighted by Gasteiger charge is 2.30. The van der Waals surface area contributed by atoms with Gasteiger partial charge in [-0.05, 0) is 57.3 Å². The fourth-order valence-corrected chi connectivity index (χ4v) is 12.7. The molecule has 560 valence electrons. The molecule has 19 heteroatoms. The van der Waals surface area contributed by atoms with Crippen LogP contribution >= 0.6 is 15.6 Å². The Bertz CT molecular complexity index is 1920. The van der Waals surface area contributed by atoms with E-state index < -0.39 is 97.5 Å². The van der Waals surface area contributed by atoms with Crippen molar-refractivity contribution in [3.8, 4) is 0 Å². The van der Waals surface area contributed by atoms with Crippen LogP contribution in [0.3, 0.4) is 0 Å². The van der Waals surface area contributed by atoms with Crippen molar-refractivity contribution in [2.75, 3.05) is 39.6 Å². The molecule has 0 heterocycles. The van der Waals surface area contributed by atoms with Crippen molar-refractivity contribution >= 4 is 39.5 Å². The first-order chi connectivity index (χ1) is 46.0. The standard InChI is InChI=1S/C76H144O17P2/c1-6-9-12-15-18-21-24-27-29-30-31-33-35-38-41-46-52-57-62-76(81)92-71(65-86-73(78)59-54-49-44-39-37-34-32-28-25-22-19-16-13-10-7-2)67-90-94(82,83)88-63-70(77)64-89-95(84,85)91-68-72(66-87-74(79)60-55-50-47-42-43-48-53-58-69(4)5)93-75(80)61-56-51-45-40-36-26-23-20-17-14-11-8-3/h22,25,28,32,69-72,77H,6-21,23-24,26-27,29-31,33-68H2,1-5H3,(H,82,83)(H,84,85)/b25-22-,32-28-/t70-,71-,72-/m1/s1. The summed E-state index contributed by atoms with van der Waals surface area (Å²) < 4.78 is 68.5. The van der Waals surface area contributed by atoms with E-state index in [1.165, 1.54) is 173 Å². The van der Waals surface area contributed by atoms with Gasteiger partial charge < -0.3 is 33.8 Å². The maximum atomic E-state index is 13.1. The first kappa shape index (κ1) is 92.5. The van der Waals surface area contributed by atoms with Gasteiger partial charge in [-0.3, -0.25) is 37.3 Å². The van der Waals surface area contributed by atoms with Gasteiger partial charge in [0.15, 0.2) is 12.2 Å². The molecule has 0 aliphatic rings. The van der Waals surface area contributed by atoms with Crippen molar-refractivity contribution in [2.24, 2.45) is 5.92 Å². The average Bonchev–Trinajstić information content (AvgIpc) is 2.21. The Labute approximate surface area is 580 Å². The first-order valence-corrected chi connectivity index (χ1v) is 41.9. The lowest BCUT2D eigenvalue weighted by atomic mass is 10.0. The quantitative estimate of drug-likeness (QED) is 0.0169. The largest absolute Gasteiger partial charge is 0.472 e. The average molecular weight is 1390 g/mol. The molecule has 2 unspecified atom stereocenters. The Morgan fingerprint density at radius 1 is 0.326 bits per heavy atom. The van der Waals surface area contributed by atoms with Crippen LogP contribution in [-0.4, -0.2) is 96.7 Å². The molecule has 0 saturated carbocycles. The highest BCUT2D eigenvalue weighted by molar-refractivity contribution is 7.47. The normalized spacial score (nSPS) is 14.1. The molecule has 0 aromatic carbocycles. The summed E-state index contributed by atoms with van der Waals surface area (Å²) in [4.78, 5) is 72.8. The van der Waals surface area contributed by atoms with Gasteiger partial charge in [-0.1, -0.05) is 322 Å². The maximum Gasteiger partial charge on any atom is 0.472 e. The molecule has 0 radical (unpaired) electrons. The van der Waals surface area contributed by atoms with Crippen molar-refractivity contribution in [2.45, 2.75) is 393 Å². The van der Waals surface area contributed by atoms with Crippen LogP contribution in [-0.2, 0) is 65.4 Å². The number of aliphatic hydroxyl groups excluding tert-OH is 1. The van der Waals surface area contributed by atoms with E-state index in [0.717, 1.165) is 116 Å². The molecule has 3 N–H and O–H groups in total. The van der Waals surface area contributed by atoms with Crippen molar-refractivity contribution < 1.29 is 80.2 Å². The molecule has 0 fully saturated rings. The zero-order valence-electron chi connectivity index (χ0n) is 61.3. The lowest BCUT2D eigenvalue weighted by Crippen LogP contribution is -2.30. The lowest BCUT2D eigenvalue weighted by Gasteiger charge is -2.21. The van der Waals surface area contributed by atoms with Gasteiger partial charge in [0.05, 0.1) is 26.4 Å². The Hall–Kier alpha value is -2.46. The fourth-order valence-electron chi connectivity index (χ4n) is 11.2. The fraction of sp³-hybridized carbons (Fsp3) is 0.895. The highest BCUT2D eigenvalue weighted by Crippen LogP contribution is 2.45. The SMILES string of the molecule is CCCCCC/C=C\C=C/CCCCCCCC(=O)OC[C@H](COP(=O)(O)OC[C@@H](O)COP(=O)(O)OC[C@@H](COC(=O)CCCCCCCCCC(C)C)OC(=O)CCCCCCCCCCCCCC)OC(=O)CCCCCCCCCCCCCCCCCCCC. The van der Waals surface area contributed by atoms with E-state index in [1.807, 2.05) is 0 Å². The molecule has 5 atom stereocenters. The molecular weight excluding hydrogens is 1250 g/mol. The molecule has 0 amide bonds. The first-order valence-electron chi connectivity index (χ1n) is 39.0. The number of esters is 4. The van der Waals surface area contributed by atoms with Gasteiger partial charge in [0.1, 0.15) is 19.3 Å². The van der Waals surface area contributed by atoms with Crippen molar-refractivity contribution in [1.82, 2.24) is 0 Å². The summed E-state index contributed by atoms with van der Waals surface area (Å²) in [6.07, 6.45) is 60.5. The third kappa shape index (κ3) is 69.8. The van der Waals surface area contributed by atoms with Crippen LogP contribution in [0.25, 0.3) is 0 Å². The minimum Gasteiger partial charge on any atom is -0.462 e. The minimum absolute atomic E-state index is 0.102. The van der Waals surface area contributed by atoms with E-state index in [4.69, 9.17) is 37.0 Å². The lowest BCUT2D eigenvalue weighted by molar-refractivity contribution is -0.161. The van der Waals surface area contributed by atoms with E-state index in [0.29, 0.717) is 31.6 Å². The molecule has 0 saturated heterocycles. The van der Waals surface area contributed by atoms with Crippen molar-refractivity contribution in [3.05, 3.63) is 24.3 Å². The van der Waals surface area contributed by atoms with E-state index >= 15 is 0 Å². The van der Waals surface area contributed by atoms with E-state index in [-0.39, 0.29) is 25.7 Å². The summed E-state index contributed by atoms with van der Waals surface area (Å²) >= 11 is 0. The van der Waals surface area contributed by atoms with Crippen molar-refractivity contribution in [1.29, 1.82) is 0 Å².